The number of aromatic nitrogens is 6. The maximum absolute atomic E-state index is 11.8. The summed E-state index contributed by atoms with van der Waals surface area (Å²) >= 11 is 0. The second-order valence-electron chi connectivity index (χ2n) is 6.15. The zero-order valence-electron chi connectivity index (χ0n) is 14.4. The molecular formula is C16H20N8O2. The number of aryl methyl sites for hydroxylation is 1. The number of hydrogen-bond acceptors (Lipinski definition) is 8. The van der Waals surface area contributed by atoms with Gasteiger partial charge in [0.25, 0.3) is 5.56 Å². The standard InChI is InChI=1S/C16H20N8O2/c1-23-13(25)6-11(7-22-23)24-4-5-26-12(8-24)2-3-17-15-14-16(19-9-18-14)21-10-20-15/h6-7,9-10,12H,2-5,8H2,1H3,(H2,17,18,19,20,21). The Balaban J connectivity index is 1.35. The van der Waals surface area contributed by atoms with Gasteiger partial charge in [0.2, 0.25) is 0 Å². The van der Waals surface area contributed by atoms with Crippen LogP contribution in [0.5, 0.6) is 0 Å². The third-order valence-electron chi connectivity index (χ3n) is 4.44. The molecule has 26 heavy (non-hydrogen) atoms. The van der Waals surface area contributed by atoms with E-state index in [1.807, 2.05) is 0 Å². The summed E-state index contributed by atoms with van der Waals surface area (Å²) < 4.78 is 7.18. The van der Waals surface area contributed by atoms with Crippen molar-refractivity contribution in [1.82, 2.24) is 29.7 Å². The first kappa shape index (κ1) is 16.5. The summed E-state index contributed by atoms with van der Waals surface area (Å²) in [6.45, 7) is 2.80. The van der Waals surface area contributed by atoms with Gasteiger partial charge in [-0.2, -0.15) is 5.10 Å². The van der Waals surface area contributed by atoms with Crippen molar-refractivity contribution in [2.45, 2.75) is 12.5 Å². The van der Waals surface area contributed by atoms with Gasteiger partial charge in [0, 0.05) is 32.7 Å². The molecular weight excluding hydrogens is 336 g/mol. The first-order valence-corrected chi connectivity index (χ1v) is 8.48. The fourth-order valence-electron chi connectivity index (χ4n) is 3.01. The molecule has 4 rings (SSSR count). The molecule has 1 fully saturated rings. The molecule has 0 saturated carbocycles. The summed E-state index contributed by atoms with van der Waals surface area (Å²) in [5, 5.41) is 7.40. The molecule has 1 aliphatic heterocycles. The third kappa shape index (κ3) is 3.36. The Hall–Kier alpha value is -3.01. The van der Waals surface area contributed by atoms with Gasteiger partial charge in [0.1, 0.15) is 11.8 Å². The molecule has 0 aromatic carbocycles. The van der Waals surface area contributed by atoms with Crippen LogP contribution in [0.25, 0.3) is 11.2 Å². The molecule has 136 valence electrons. The van der Waals surface area contributed by atoms with Gasteiger partial charge in [-0.15, -0.1) is 0 Å². The minimum atomic E-state index is -0.112. The van der Waals surface area contributed by atoms with Crippen molar-refractivity contribution in [1.29, 1.82) is 0 Å². The average Bonchev–Trinajstić information content (AvgIpc) is 3.14. The Kier molecular flexibility index (Phi) is 4.48. The van der Waals surface area contributed by atoms with Crippen molar-refractivity contribution in [3.05, 3.63) is 35.3 Å². The minimum Gasteiger partial charge on any atom is -0.374 e. The van der Waals surface area contributed by atoms with Crippen LogP contribution < -0.4 is 15.8 Å². The van der Waals surface area contributed by atoms with Gasteiger partial charge in [-0.25, -0.2) is 19.6 Å². The van der Waals surface area contributed by atoms with Crippen LogP contribution in [0.1, 0.15) is 6.42 Å². The topological polar surface area (TPSA) is 114 Å². The maximum atomic E-state index is 11.8. The molecule has 0 aliphatic carbocycles. The van der Waals surface area contributed by atoms with Crippen LogP contribution in [-0.4, -0.2) is 62.1 Å². The van der Waals surface area contributed by atoms with E-state index in [4.69, 9.17) is 4.74 Å². The lowest BCUT2D eigenvalue weighted by molar-refractivity contribution is 0.0375. The number of fused-ring (bicyclic) bond motifs is 1. The molecule has 1 atom stereocenters. The van der Waals surface area contributed by atoms with Crippen LogP contribution in [0.2, 0.25) is 0 Å². The molecule has 3 aromatic rings. The number of nitrogens with one attached hydrogen (secondary N) is 2. The molecule has 2 N–H and O–H groups in total. The Bertz CT molecular complexity index is 953. The number of imidazole rings is 1. The molecule has 10 heteroatoms. The van der Waals surface area contributed by atoms with Gasteiger partial charge in [-0.1, -0.05) is 0 Å². The van der Waals surface area contributed by atoms with Crippen LogP contribution in [0.15, 0.2) is 29.7 Å². The second-order valence-corrected chi connectivity index (χ2v) is 6.15. The molecule has 1 unspecified atom stereocenters. The van der Waals surface area contributed by atoms with E-state index >= 15 is 0 Å². The largest absolute Gasteiger partial charge is 0.374 e. The van der Waals surface area contributed by atoms with Gasteiger partial charge in [-0.05, 0) is 6.42 Å². The number of rotatable bonds is 5. The zero-order valence-corrected chi connectivity index (χ0v) is 14.4. The Morgan fingerprint density at radius 1 is 1.38 bits per heavy atom. The highest BCUT2D eigenvalue weighted by atomic mass is 16.5. The number of hydrogen-bond donors (Lipinski definition) is 2. The fraction of sp³-hybridized carbons (Fsp3) is 0.438. The lowest BCUT2D eigenvalue weighted by Crippen LogP contribution is -2.43. The van der Waals surface area contributed by atoms with Crippen LogP contribution >= 0.6 is 0 Å². The summed E-state index contributed by atoms with van der Waals surface area (Å²) in [5.41, 5.74) is 2.16. The van der Waals surface area contributed by atoms with E-state index in [2.05, 4.69) is 35.3 Å². The van der Waals surface area contributed by atoms with E-state index in [1.54, 1.807) is 25.6 Å². The summed E-state index contributed by atoms with van der Waals surface area (Å²) in [5.74, 6) is 0.732. The maximum Gasteiger partial charge on any atom is 0.268 e. The second kappa shape index (κ2) is 7.08. The summed E-state index contributed by atoms with van der Waals surface area (Å²) in [4.78, 5) is 29.4. The van der Waals surface area contributed by atoms with Crippen LogP contribution in [-0.2, 0) is 11.8 Å². The number of anilines is 2. The van der Waals surface area contributed by atoms with E-state index in [0.717, 1.165) is 36.5 Å². The molecule has 1 saturated heterocycles. The number of morpholine rings is 1. The van der Waals surface area contributed by atoms with Crippen LogP contribution in [0, 0.1) is 0 Å². The number of H-pyrrole nitrogens is 1. The Labute approximate surface area is 149 Å². The highest BCUT2D eigenvalue weighted by Gasteiger charge is 2.21. The molecule has 0 spiro atoms. The third-order valence-corrected chi connectivity index (χ3v) is 4.44. The molecule has 0 bridgehead atoms. The van der Waals surface area contributed by atoms with E-state index in [-0.39, 0.29) is 11.7 Å². The smallest absolute Gasteiger partial charge is 0.268 e. The molecule has 1 aliphatic rings. The van der Waals surface area contributed by atoms with Crippen molar-refractivity contribution in [2.75, 3.05) is 36.5 Å². The zero-order chi connectivity index (χ0) is 17.9. The number of ether oxygens (including phenoxy) is 1. The molecule has 0 radical (unpaired) electrons. The molecule has 4 heterocycles. The van der Waals surface area contributed by atoms with E-state index in [0.29, 0.717) is 18.8 Å². The minimum absolute atomic E-state index is 0.0689. The van der Waals surface area contributed by atoms with Crippen molar-refractivity contribution in [3.63, 3.8) is 0 Å². The predicted molar refractivity (Wildman–Crippen MR) is 96.2 cm³/mol. The van der Waals surface area contributed by atoms with Gasteiger partial charge < -0.3 is 19.9 Å². The van der Waals surface area contributed by atoms with Crippen molar-refractivity contribution in [2.24, 2.45) is 7.05 Å². The van der Waals surface area contributed by atoms with Gasteiger partial charge in [-0.3, -0.25) is 4.79 Å². The monoisotopic (exact) mass is 356 g/mol. The quantitative estimate of drug-likeness (QED) is 0.664. The van der Waals surface area contributed by atoms with Gasteiger partial charge in [0.05, 0.1) is 30.9 Å². The Morgan fingerprint density at radius 2 is 2.31 bits per heavy atom. The van der Waals surface area contributed by atoms with Crippen molar-refractivity contribution < 1.29 is 4.74 Å². The first-order chi connectivity index (χ1) is 12.7. The lowest BCUT2D eigenvalue weighted by Gasteiger charge is -2.34. The van der Waals surface area contributed by atoms with Crippen molar-refractivity contribution >= 4 is 22.7 Å². The average molecular weight is 356 g/mol. The molecule has 3 aromatic heterocycles. The van der Waals surface area contributed by atoms with Crippen molar-refractivity contribution in [3.8, 4) is 0 Å². The first-order valence-electron chi connectivity index (χ1n) is 8.48. The highest BCUT2D eigenvalue weighted by molar-refractivity contribution is 5.81. The Morgan fingerprint density at radius 3 is 3.19 bits per heavy atom. The molecule has 10 nitrogen and oxygen atoms in total. The normalized spacial score (nSPS) is 17.6. The highest BCUT2D eigenvalue weighted by Crippen LogP contribution is 2.18. The van der Waals surface area contributed by atoms with E-state index in [9.17, 15) is 4.79 Å². The van der Waals surface area contributed by atoms with Crippen LogP contribution in [0.4, 0.5) is 11.5 Å². The predicted octanol–water partition coefficient (Wildman–Crippen LogP) is 0.154. The lowest BCUT2D eigenvalue weighted by atomic mass is 10.2. The number of nitrogens with zero attached hydrogens (tertiary/aromatic N) is 6. The number of aromatic amines is 1. The van der Waals surface area contributed by atoms with E-state index < -0.39 is 0 Å². The summed E-state index contributed by atoms with van der Waals surface area (Å²) in [6, 6.07) is 1.61. The summed E-state index contributed by atoms with van der Waals surface area (Å²) in [7, 11) is 1.64. The van der Waals surface area contributed by atoms with Gasteiger partial charge in [0.15, 0.2) is 11.5 Å². The fourth-order valence-corrected chi connectivity index (χ4v) is 3.01. The SMILES string of the molecule is Cn1ncc(N2CCOC(CCNc3ncnc4nc[nH]c34)C2)cc1=O. The van der Waals surface area contributed by atoms with Gasteiger partial charge >= 0.3 is 0 Å². The molecule has 0 amide bonds. The van der Waals surface area contributed by atoms with Crippen LogP contribution in [0.3, 0.4) is 0 Å². The van der Waals surface area contributed by atoms with E-state index in [1.165, 1.54) is 11.0 Å². The summed E-state index contributed by atoms with van der Waals surface area (Å²) in [6.07, 6.45) is 5.70.